The van der Waals surface area contributed by atoms with Crippen LogP contribution < -0.4 is 13.6 Å². The largest absolute Gasteiger partial charge is 0.647 e. The summed E-state index contributed by atoms with van der Waals surface area (Å²) in [6, 6.07) is 22.4. The highest BCUT2D eigenvalue weighted by Crippen LogP contribution is 2.51. The van der Waals surface area contributed by atoms with Gasteiger partial charge in [-0.2, -0.15) is 4.57 Å². The topological polar surface area (TPSA) is 72.5 Å². The quantitative estimate of drug-likeness (QED) is 0.0782. The lowest BCUT2D eigenvalue weighted by Crippen LogP contribution is -2.13. The van der Waals surface area contributed by atoms with Gasteiger partial charge in [-0.15, -0.1) is 0 Å². The van der Waals surface area contributed by atoms with Crippen molar-refractivity contribution in [2.45, 2.75) is 143 Å². The summed E-state index contributed by atoms with van der Waals surface area (Å²) < 4.78 is 54.1. The van der Waals surface area contributed by atoms with Crippen LogP contribution in [0.2, 0.25) is 0 Å². The van der Waals surface area contributed by atoms with E-state index in [4.69, 9.17) is 27.8 Å². The van der Waals surface area contributed by atoms with E-state index >= 15 is 4.57 Å². The Bertz CT molecular complexity index is 1710. The molecule has 0 aromatic heterocycles. The molecule has 3 aromatic carbocycles. The number of hydrogen-bond acceptors (Lipinski definition) is 7. The fraction of sp³-hybridized carbons (Fsp3) is 0.529. The van der Waals surface area contributed by atoms with Gasteiger partial charge in [0.05, 0.1) is 18.3 Å². The number of benzene rings is 3. The van der Waals surface area contributed by atoms with Crippen LogP contribution >= 0.6 is 7.82 Å². The SMILES string of the molecule is CC(C)OC(=C(C(C)C)C(C)C)c1cccc(OP(=O)(Oc2cccc(C(OC(C)C)=C(C(C)C)C(C)C)c2)Oc2cccc(C(OC(C)C)=C(C(C)C)C(C)C)c2)c1. The van der Waals surface area contributed by atoms with Crippen LogP contribution in [0.1, 0.15) is 141 Å². The Morgan fingerprint density at radius 3 is 0.780 bits per heavy atom. The summed E-state index contributed by atoms with van der Waals surface area (Å²) in [6.07, 6.45) is -0.179. The molecule has 3 aromatic rings. The first-order chi connectivity index (χ1) is 27.5. The molecule has 0 spiro atoms. The lowest BCUT2D eigenvalue weighted by atomic mass is 9.89. The lowest BCUT2D eigenvalue weighted by Gasteiger charge is -2.26. The standard InChI is InChI=1S/C51H75O7P/c1-31(2)46(32(3)4)49(53-37(13)14)40-22-19-25-43(28-40)56-59(52,57-44-26-20-23-41(29-44)50(54-38(15)16)47(33(5)6)34(7)8)58-45-27-21-24-42(30-45)51(55-39(17)18)48(35(9)10)36(11)12/h19-39H,1-18H3. The minimum Gasteiger partial charge on any atom is -0.490 e. The molecule has 0 unspecified atom stereocenters. The number of allylic oxidation sites excluding steroid dienone is 3. The summed E-state index contributed by atoms with van der Waals surface area (Å²) in [7, 11) is -4.47. The Kier molecular flexibility index (Phi) is 18.3. The first kappa shape index (κ1) is 49.3. The van der Waals surface area contributed by atoms with E-state index in [1.54, 1.807) is 18.2 Å². The van der Waals surface area contributed by atoms with Crippen LogP contribution in [0.3, 0.4) is 0 Å². The highest BCUT2D eigenvalue weighted by atomic mass is 31.2. The third-order valence-electron chi connectivity index (χ3n) is 9.52. The smallest absolute Gasteiger partial charge is 0.490 e. The molecule has 0 atom stereocenters. The number of phosphoric acid groups is 1. The fourth-order valence-electron chi connectivity index (χ4n) is 7.71. The number of ether oxygens (including phenoxy) is 3. The molecular weight excluding hydrogens is 756 g/mol. The van der Waals surface area contributed by atoms with Gasteiger partial charge >= 0.3 is 7.82 Å². The second kappa shape index (κ2) is 22.0. The van der Waals surface area contributed by atoms with Gasteiger partial charge in [0.1, 0.15) is 34.5 Å². The molecule has 0 aliphatic rings. The van der Waals surface area contributed by atoms with Crippen molar-refractivity contribution in [2.24, 2.45) is 35.5 Å². The van der Waals surface area contributed by atoms with E-state index in [0.717, 1.165) is 34.0 Å². The summed E-state index contributed by atoms with van der Waals surface area (Å²) in [5, 5.41) is 0. The summed E-state index contributed by atoms with van der Waals surface area (Å²) in [4.78, 5) is 0. The van der Waals surface area contributed by atoms with Gasteiger partial charge in [0.2, 0.25) is 0 Å². The van der Waals surface area contributed by atoms with Gasteiger partial charge in [0.15, 0.2) is 0 Å². The Hall–Kier alpha value is -4.09. The number of phosphoric ester groups is 1. The van der Waals surface area contributed by atoms with Gasteiger partial charge in [0.25, 0.3) is 0 Å². The third-order valence-corrected chi connectivity index (χ3v) is 10.8. The van der Waals surface area contributed by atoms with Crippen molar-refractivity contribution in [1.29, 1.82) is 0 Å². The van der Waals surface area contributed by atoms with Crippen molar-refractivity contribution in [3.8, 4) is 17.2 Å². The van der Waals surface area contributed by atoms with Crippen molar-refractivity contribution in [1.82, 2.24) is 0 Å². The highest BCUT2D eigenvalue weighted by molar-refractivity contribution is 7.49. The van der Waals surface area contributed by atoms with Crippen molar-refractivity contribution < 1.29 is 32.3 Å². The summed E-state index contributed by atoms with van der Waals surface area (Å²) in [5.41, 5.74) is 6.00. The van der Waals surface area contributed by atoms with Crippen molar-refractivity contribution in [2.75, 3.05) is 0 Å². The first-order valence-electron chi connectivity index (χ1n) is 21.8. The van der Waals surface area contributed by atoms with Gasteiger partial charge < -0.3 is 27.8 Å². The van der Waals surface area contributed by atoms with Crippen LogP contribution in [-0.2, 0) is 18.8 Å². The van der Waals surface area contributed by atoms with Crippen molar-refractivity contribution in [3.05, 3.63) is 106 Å². The zero-order valence-corrected chi connectivity index (χ0v) is 40.3. The van der Waals surface area contributed by atoms with Gasteiger partial charge in [-0.25, -0.2) is 0 Å². The molecule has 0 N–H and O–H groups in total. The molecule has 3 rings (SSSR count). The Morgan fingerprint density at radius 2 is 0.593 bits per heavy atom. The molecule has 8 heteroatoms. The summed E-state index contributed by atoms with van der Waals surface area (Å²) >= 11 is 0. The van der Waals surface area contributed by atoms with Crippen LogP contribution in [0.15, 0.2) is 89.5 Å². The Labute approximate surface area is 358 Å². The van der Waals surface area contributed by atoms with Gasteiger partial charge in [0, 0.05) is 16.7 Å². The normalized spacial score (nSPS) is 12.0. The van der Waals surface area contributed by atoms with E-state index in [1.807, 2.05) is 96.1 Å². The molecular formula is C51H75O7P. The second-order valence-electron chi connectivity index (χ2n) is 18.1. The van der Waals surface area contributed by atoms with E-state index in [2.05, 4.69) is 83.1 Å². The van der Waals surface area contributed by atoms with E-state index in [0.29, 0.717) is 17.2 Å². The van der Waals surface area contributed by atoms with Crippen LogP contribution in [0, 0.1) is 35.5 Å². The maximum absolute atomic E-state index is 15.4. The maximum Gasteiger partial charge on any atom is 0.647 e. The Balaban J connectivity index is 2.29. The van der Waals surface area contributed by atoms with Gasteiger partial charge in [-0.05, 0) is 130 Å². The minimum atomic E-state index is -4.47. The molecule has 326 valence electrons. The molecule has 0 aliphatic carbocycles. The number of rotatable bonds is 21. The lowest BCUT2D eigenvalue weighted by molar-refractivity contribution is 0.198. The van der Waals surface area contributed by atoms with Crippen LogP contribution in [-0.4, -0.2) is 18.3 Å². The van der Waals surface area contributed by atoms with E-state index in [1.165, 1.54) is 16.7 Å². The summed E-state index contributed by atoms with van der Waals surface area (Å²) in [5.74, 6) is 4.73. The predicted molar refractivity (Wildman–Crippen MR) is 247 cm³/mol. The first-order valence-corrected chi connectivity index (χ1v) is 23.2. The van der Waals surface area contributed by atoms with Crippen LogP contribution in [0.5, 0.6) is 17.2 Å². The van der Waals surface area contributed by atoms with E-state index < -0.39 is 7.82 Å². The Morgan fingerprint density at radius 1 is 0.373 bits per heavy atom. The van der Waals surface area contributed by atoms with Gasteiger partial charge in [-0.1, -0.05) is 119 Å². The molecule has 0 amide bonds. The van der Waals surface area contributed by atoms with E-state index in [-0.39, 0.29) is 53.8 Å². The molecule has 0 bridgehead atoms. The molecule has 0 saturated carbocycles. The van der Waals surface area contributed by atoms with Crippen molar-refractivity contribution in [3.63, 3.8) is 0 Å². The molecule has 0 saturated heterocycles. The average Bonchev–Trinajstić information content (AvgIpc) is 3.09. The average molecular weight is 831 g/mol. The monoisotopic (exact) mass is 831 g/mol. The molecule has 0 heterocycles. The minimum absolute atomic E-state index is 0.0598. The third kappa shape index (κ3) is 14.3. The molecule has 0 fully saturated rings. The van der Waals surface area contributed by atoms with Gasteiger partial charge in [-0.3, -0.25) is 0 Å². The fourth-order valence-corrected chi connectivity index (χ4v) is 8.94. The highest BCUT2D eigenvalue weighted by Gasteiger charge is 2.35. The molecule has 7 nitrogen and oxygen atoms in total. The molecule has 0 aliphatic heterocycles. The zero-order chi connectivity index (χ0) is 44.4. The second-order valence-corrected chi connectivity index (χ2v) is 19.5. The summed E-state index contributed by atoms with van der Waals surface area (Å²) in [6.45, 7) is 38.2. The van der Waals surface area contributed by atoms with E-state index in [9.17, 15) is 0 Å². The van der Waals surface area contributed by atoms with Crippen molar-refractivity contribution >= 4 is 25.1 Å². The number of hydrogen-bond donors (Lipinski definition) is 0. The maximum atomic E-state index is 15.4. The molecule has 0 radical (unpaired) electrons. The van der Waals surface area contributed by atoms with Crippen LogP contribution in [0.4, 0.5) is 0 Å². The van der Waals surface area contributed by atoms with Crippen LogP contribution in [0.25, 0.3) is 17.3 Å². The predicted octanol–water partition coefficient (Wildman–Crippen LogP) is 15.7. The zero-order valence-electron chi connectivity index (χ0n) is 39.4. The molecule has 59 heavy (non-hydrogen) atoms.